The second kappa shape index (κ2) is 4.65. The minimum absolute atomic E-state index is 0.238. The molecule has 0 saturated carbocycles. The van der Waals surface area contributed by atoms with Gasteiger partial charge in [0, 0.05) is 0 Å². The van der Waals surface area contributed by atoms with E-state index >= 15 is 0 Å². The fourth-order valence-corrected chi connectivity index (χ4v) is 1.22. The van der Waals surface area contributed by atoms with E-state index in [-0.39, 0.29) is 11.9 Å². The van der Waals surface area contributed by atoms with E-state index in [1.165, 1.54) is 7.11 Å². The molecule has 0 spiro atoms. The van der Waals surface area contributed by atoms with E-state index in [0.29, 0.717) is 0 Å². The van der Waals surface area contributed by atoms with E-state index < -0.39 is 0 Å². The van der Waals surface area contributed by atoms with Crippen molar-refractivity contribution in [2.45, 2.75) is 12.8 Å². The molecule has 0 fully saturated rings. The molecule has 0 bridgehead atoms. The number of esters is 1. The summed E-state index contributed by atoms with van der Waals surface area (Å²) in [5.41, 5.74) is 0.899. The number of rotatable bonds is 3. The molecule has 0 N–H and O–H groups in total. The third kappa shape index (κ3) is 2.25. The van der Waals surface area contributed by atoms with Crippen molar-refractivity contribution >= 4 is 5.97 Å². The molecule has 3 nitrogen and oxygen atoms in total. The highest BCUT2D eigenvalue weighted by Gasteiger charge is 2.15. The lowest BCUT2D eigenvalue weighted by atomic mass is 10.0. The summed E-state index contributed by atoms with van der Waals surface area (Å²) in [5, 5.41) is 0. The van der Waals surface area contributed by atoms with Gasteiger partial charge in [-0.2, -0.15) is 0 Å². The van der Waals surface area contributed by atoms with Gasteiger partial charge in [-0.15, -0.1) is 0 Å². The molecule has 0 heterocycles. The first-order valence-electron chi connectivity index (χ1n) is 4.40. The third-order valence-electron chi connectivity index (χ3n) is 2.15. The SMILES string of the molecule is COC(=O)C(C)c1cccc(OC)c1. The Balaban J connectivity index is 2.89. The first-order chi connectivity index (χ1) is 6.69. The molecule has 1 unspecified atom stereocenters. The standard InChI is InChI=1S/C11H14O3/c1-8(11(12)14-3)9-5-4-6-10(7-9)13-2/h4-8H,1-3H3. The normalized spacial score (nSPS) is 11.9. The molecule has 0 aliphatic carbocycles. The zero-order valence-electron chi connectivity index (χ0n) is 8.61. The highest BCUT2D eigenvalue weighted by Crippen LogP contribution is 2.21. The summed E-state index contributed by atoms with van der Waals surface area (Å²) in [5.74, 6) is 0.256. The van der Waals surface area contributed by atoms with Crippen LogP contribution in [0.15, 0.2) is 24.3 Å². The van der Waals surface area contributed by atoms with Crippen molar-refractivity contribution in [2.75, 3.05) is 14.2 Å². The zero-order valence-corrected chi connectivity index (χ0v) is 8.61. The first kappa shape index (κ1) is 10.6. The molecule has 0 amide bonds. The van der Waals surface area contributed by atoms with E-state index in [1.807, 2.05) is 24.3 Å². The minimum atomic E-state index is -0.255. The Morgan fingerprint density at radius 2 is 2.07 bits per heavy atom. The fourth-order valence-electron chi connectivity index (χ4n) is 1.22. The highest BCUT2D eigenvalue weighted by molar-refractivity contribution is 5.77. The Kier molecular flexibility index (Phi) is 3.51. The van der Waals surface area contributed by atoms with Gasteiger partial charge in [-0.25, -0.2) is 0 Å². The second-order valence-corrected chi connectivity index (χ2v) is 3.02. The number of carbonyl (C=O) groups excluding carboxylic acids is 1. The summed E-state index contributed by atoms with van der Waals surface area (Å²) >= 11 is 0. The molecular weight excluding hydrogens is 180 g/mol. The smallest absolute Gasteiger partial charge is 0.312 e. The number of carbonyl (C=O) groups is 1. The molecule has 3 heteroatoms. The Bertz CT molecular complexity index is 320. The van der Waals surface area contributed by atoms with Crippen LogP contribution >= 0.6 is 0 Å². The molecule has 0 aliphatic rings. The Labute approximate surface area is 83.6 Å². The average Bonchev–Trinajstić information content (AvgIpc) is 2.27. The van der Waals surface area contributed by atoms with Gasteiger partial charge in [0.25, 0.3) is 0 Å². The van der Waals surface area contributed by atoms with Gasteiger partial charge in [0.05, 0.1) is 20.1 Å². The molecule has 0 radical (unpaired) electrons. The van der Waals surface area contributed by atoms with Crippen LogP contribution in [0, 0.1) is 0 Å². The highest BCUT2D eigenvalue weighted by atomic mass is 16.5. The maximum atomic E-state index is 11.2. The Morgan fingerprint density at radius 1 is 1.36 bits per heavy atom. The van der Waals surface area contributed by atoms with Crippen LogP contribution in [0.1, 0.15) is 18.4 Å². The van der Waals surface area contributed by atoms with Gasteiger partial charge < -0.3 is 9.47 Å². The van der Waals surface area contributed by atoms with Crippen LogP contribution in [-0.4, -0.2) is 20.2 Å². The van der Waals surface area contributed by atoms with Gasteiger partial charge in [-0.1, -0.05) is 12.1 Å². The van der Waals surface area contributed by atoms with Gasteiger partial charge in [-0.3, -0.25) is 4.79 Å². The molecular formula is C11H14O3. The summed E-state index contributed by atoms with van der Waals surface area (Å²) in [4.78, 5) is 11.2. The lowest BCUT2D eigenvalue weighted by molar-refractivity contribution is -0.141. The number of hydrogen-bond acceptors (Lipinski definition) is 3. The fraction of sp³-hybridized carbons (Fsp3) is 0.364. The second-order valence-electron chi connectivity index (χ2n) is 3.02. The van der Waals surface area contributed by atoms with Crippen LogP contribution in [0.2, 0.25) is 0 Å². The molecule has 1 aromatic carbocycles. The number of methoxy groups -OCH3 is 2. The molecule has 14 heavy (non-hydrogen) atoms. The summed E-state index contributed by atoms with van der Waals surface area (Å²) in [6.07, 6.45) is 0. The van der Waals surface area contributed by atoms with Crippen LogP contribution < -0.4 is 4.74 Å². The predicted molar refractivity (Wildman–Crippen MR) is 53.4 cm³/mol. The topological polar surface area (TPSA) is 35.5 Å². The van der Waals surface area contributed by atoms with E-state index in [9.17, 15) is 4.79 Å². The van der Waals surface area contributed by atoms with E-state index in [2.05, 4.69) is 4.74 Å². The van der Waals surface area contributed by atoms with Crippen molar-refractivity contribution in [3.05, 3.63) is 29.8 Å². The third-order valence-corrected chi connectivity index (χ3v) is 2.15. The Hall–Kier alpha value is -1.51. The molecule has 76 valence electrons. The Morgan fingerprint density at radius 3 is 2.64 bits per heavy atom. The average molecular weight is 194 g/mol. The van der Waals surface area contributed by atoms with E-state index in [0.717, 1.165) is 11.3 Å². The first-order valence-corrected chi connectivity index (χ1v) is 4.40. The summed E-state index contributed by atoms with van der Waals surface area (Å²) < 4.78 is 9.73. The number of hydrogen-bond donors (Lipinski definition) is 0. The van der Waals surface area contributed by atoms with Crippen molar-refractivity contribution in [2.24, 2.45) is 0 Å². The number of benzene rings is 1. The van der Waals surface area contributed by atoms with Gasteiger partial charge in [0.2, 0.25) is 0 Å². The quantitative estimate of drug-likeness (QED) is 0.690. The summed E-state index contributed by atoms with van der Waals surface area (Å²) in [6.45, 7) is 1.81. The van der Waals surface area contributed by atoms with Gasteiger partial charge >= 0.3 is 5.97 Å². The largest absolute Gasteiger partial charge is 0.497 e. The lowest BCUT2D eigenvalue weighted by Crippen LogP contribution is -2.10. The van der Waals surface area contributed by atoms with Crippen LogP contribution in [0.3, 0.4) is 0 Å². The molecule has 0 aliphatic heterocycles. The lowest BCUT2D eigenvalue weighted by Gasteiger charge is -2.10. The maximum absolute atomic E-state index is 11.2. The van der Waals surface area contributed by atoms with Crippen LogP contribution in [0.5, 0.6) is 5.75 Å². The van der Waals surface area contributed by atoms with E-state index in [4.69, 9.17) is 4.74 Å². The molecule has 1 atom stereocenters. The zero-order chi connectivity index (χ0) is 10.6. The van der Waals surface area contributed by atoms with Gasteiger partial charge in [-0.05, 0) is 24.6 Å². The molecule has 1 aromatic rings. The van der Waals surface area contributed by atoms with Crippen molar-refractivity contribution in [3.63, 3.8) is 0 Å². The van der Waals surface area contributed by atoms with Gasteiger partial charge in [0.1, 0.15) is 5.75 Å². The van der Waals surface area contributed by atoms with Crippen molar-refractivity contribution in [1.29, 1.82) is 0 Å². The number of ether oxygens (including phenoxy) is 2. The van der Waals surface area contributed by atoms with Crippen molar-refractivity contribution in [1.82, 2.24) is 0 Å². The van der Waals surface area contributed by atoms with Crippen LogP contribution in [0.25, 0.3) is 0 Å². The maximum Gasteiger partial charge on any atom is 0.312 e. The molecule has 0 aromatic heterocycles. The van der Waals surface area contributed by atoms with Crippen LogP contribution in [-0.2, 0) is 9.53 Å². The van der Waals surface area contributed by atoms with Crippen molar-refractivity contribution in [3.8, 4) is 5.75 Å². The van der Waals surface area contributed by atoms with E-state index in [1.54, 1.807) is 14.0 Å². The van der Waals surface area contributed by atoms with Gasteiger partial charge in [0.15, 0.2) is 0 Å². The minimum Gasteiger partial charge on any atom is -0.497 e. The van der Waals surface area contributed by atoms with Crippen LogP contribution in [0.4, 0.5) is 0 Å². The summed E-state index contributed by atoms with van der Waals surface area (Å²) in [6, 6.07) is 7.41. The van der Waals surface area contributed by atoms with Crippen molar-refractivity contribution < 1.29 is 14.3 Å². The molecule has 0 saturated heterocycles. The monoisotopic (exact) mass is 194 g/mol. The predicted octanol–water partition coefficient (Wildman–Crippen LogP) is 1.97. The summed E-state index contributed by atoms with van der Waals surface area (Å²) in [7, 11) is 2.99. The molecule has 1 rings (SSSR count).